The van der Waals surface area contributed by atoms with Gasteiger partial charge in [0.05, 0.1) is 32.9 Å². The van der Waals surface area contributed by atoms with E-state index in [-0.39, 0.29) is 17.5 Å². The largest absolute Gasteiger partial charge is 0.346 e. The molecule has 0 fully saturated rings. The van der Waals surface area contributed by atoms with Crippen LogP contribution in [0.4, 0.5) is 0 Å². The predicted molar refractivity (Wildman–Crippen MR) is 87.8 cm³/mol. The number of pyridine rings is 1. The van der Waals surface area contributed by atoms with E-state index in [9.17, 15) is 4.79 Å². The molecule has 0 radical (unpaired) electrons. The van der Waals surface area contributed by atoms with E-state index in [2.05, 4.69) is 10.3 Å². The molecule has 0 atom stereocenters. The van der Waals surface area contributed by atoms with E-state index < -0.39 is 0 Å². The van der Waals surface area contributed by atoms with Crippen LogP contribution in [0.5, 0.6) is 0 Å². The first kappa shape index (κ1) is 15.2. The summed E-state index contributed by atoms with van der Waals surface area (Å²) in [6.07, 6.45) is 3.56. The van der Waals surface area contributed by atoms with Gasteiger partial charge in [-0.25, -0.2) is 4.98 Å². The molecule has 0 bridgehead atoms. The number of halogens is 3. The third kappa shape index (κ3) is 3.04. The maximum absolute atomic E-state index is 12.2. The Morgan fingerprint density at radius 2 is 1.95 bits per heavy atom. The summed E-state index contributed by atoms with van der Waals surface area (Å²) in [5.74, 6) is -0.303. The molecule has 1 amide bonds. The van der Waals surface area contributed by atoms with E-state index in [1.165, 1.54) is 0 Å². The molecule has 0 saturated carbocycles. The molecule has 3 aromatic rings. The van der Waals surface area contributed by atoms with Crippen LogP contribution in [0, 0.1) is 0 Å². The molecular weight excluding hydrogens is 345 g/mol. The van der Waals surface area contributed by atoms with Gasteiger partial charge in [0.25, 0.3) is 5.91 Å². The fourth-order valence-electron chi connectivity index (χ4n) is 2.05. The number of amides is 1. The third-order valence-corrected chi connectivity index (χ3v) is 4.13. The summed E-state index contributed by atoms with van der Waals surface area (Å²) >= 11 is 17.8. The zero-order valence-electron chi connectivity index (χ0n) is 11.2. The normalized spacial score (nSPS) is 10.9. The van der Waals surface area contributed by atoms with Crippen LogP contribution in [0.3, 0.4) is 0 Å². The number of hydrogen-bond donors (Lipinski definition) is 1. The molecule has 2 heterocycles. The highest BCUT2D eigenvalue weighted by molar-refractivity contribution is 6.43. The van der Waals surface area contributed by atoms with Gasteiger partial charge in [-0.2, -0.15) is 0 Å². The monoisotopic (exact) mass is 353 g/mol. The number of fused-ring (bicyclic) bond motifs is 1. The van der Waals surface area contributed by atoms with Gasteiger partial charge >= 0.3 is 0 Å². The maximum Gasteiger partial charge on any atom is 0.253 e. The summed E-state index contributed by atoms with van der Waals surface area (Å²) in [6.45, 7) is 0.279. The molecule has 2 aromatic heterocycles. The summed E-state index contributed by atoms with van der Waals surface area (Å²) in [5.41, 5.74) is 1.81. The first-order valence-corrected chi connectivity index (χ1v) is 7.53. The molecule has 1 aromatic carbocycles. The van der Waals surface area contributed by atoms with Crippen molar-refractivity contribution in [3.05, 3.63) is 69.1 Å². The van der Waals surface area contributed by atoms with Crippen molar-refractivity contribution in [2.75, 3.05) is 0 Å². The van der Waals surface area contributed by atoms with Crippen LogP contribution in [0.2, 0.25) is 15.1 Å². The van der Waals surface area contributed by atoms with E-state index in [1.807, 2.05) is 6.07 Å². The number of nitrogens with zero attached hydrogens (tertiary/aromatic N) is 2. The van der Waals surface area contributed by atoms with Crippen LogP contribution < -0.4 is 5.32 Å². The van der Waals surface area contributed by atoms with Gasteiger partial charge in [-0.3, -0.25) is 4.79 Å². The summed E-state index contributed by atoms with van der Waals surface area (Å²) in [5, 5.41) is 3.97. The second-order valence-electron chi connectivity index (χ2n) is 4.63. The van der Waals surface area contributed by atoms with Gasteiger partial charge in [-0.1, -0.05) is 40.9 Å². The van der Waals surface area contributed by atoms with Crippen LogP contribution in [0.25, 0.3) is 5.65 Å². The standard InChI is InChI=1S/C15H10Cl3N3O/c16-9-4-5-13-20-10(8-21(13)7-9)6-19-15(22)11-2-1-3-12(17)14(11)18/h1-5,7-8H,6H2,(H,19,22). The van der Waals surface area contributed by atoms with Crippen molar-refractivity contribution in [3.8, 4) is 0 Å². The minimum absolute atomic E-state index is 0.239. The van der Waals surface area contributed by atoms with Gasteiger partial charge in [0.15, 0.2) is 0 Å². The first-order valence-electron chi connectivity index (χ1n) is 6.40. The van der Waals surface area contributed by atoms with Crippen molar-refractivity contribution in [3.63, 3.8) is 0 Å². The highest BCUT2D eigenvalue weighted by atomic mass is 35.5. The number of rotatable bonds is 3. The van der Waals surface area contributed by atoms with E-state index in [0.29, 0.717) is 21.3 Å². The lowest BCUT2D eigenvalue weighted by Crippen LogP contribution is -2.23. The number of carbonyl (C=O) groups is 1. The second kappa shape index (κ2) is 6.16. The quantitative estimate of drug-likeness (QED) is 0.765. The van der Waals surface area contributed by atoms with E-state index in [4.69, 9.17) is 34.8 Å². The molecule has 7 heteroatoms. The van der Waals surface area contributed by atoms with E-state index in [1.54, 1.807) is 41.1 Å². The second-order valence-corrected chi connectivity index (χ2v) is 5.85. The zero-order chi connectivity index (χ0) is 15.7. The molecule has 4 nitrogen and oxygen atoms in total. The Bertz CT molecular complexity index is 860. The number of hydrogen-bond acceptors (Lipinski definition) is 2. The molecule has 0 aliphatic rings. The summed E-state index contributed by atoms with van der Waals surface area (Å²) < 4.78 is 1.80. The van der Waals surface area contributed by atoms with Gasteiger partial charge in [0.1, 0.15) is 5.65 Å². The number of carbonyl (C=O) groups excluding carboxylic acids is 1. The Morgan fingerprint density at radius 3 is 2.77 bits per heavy atom. The van der Waals surface area contributed by atoms with Crippen LogP contribution in [0.15, 0.2) is 42.7 Å². The van der Waals surface area contributed by atoms with E-state index >= 15 is 0 Å². The molecule has 1 N–H and O–H groups in total. The molecule has 0 spiro atoms. The van der Waals surface area contributed by atoms with Gasteiger partial charge < -0.3 is 9.72 Å². The maximum atomic E-state index is 12.2. The van der Waals surface area contributed by atoms with Gasteiger partial charge in [-0.05, 0) is 24.3 Å². The molecule has 3 rings (SSSR count). The average Bonchev–Trinajstić information content (AvgIpc) is 2.89. The molecule has 112 valence electrons. The Morgan fingerprint density at radius 1 is 1.14 bits per heavy atom. The van der Waals surface area contributed by atoms with Crippen molar-refractivity contribution in [1.29, 1.82) is 0 Å². The Kier molecular flexibility index (Phi) is 4.25. The fourth-order valence-corrected chi connectivity index (χ4v) is 2.60. The highest BCUT2D eigenvalue weighted by Crippen LogP contribution is 2.25. The van der Waals surface area contributed by atoms with Gasteiger partial charge in [0, 0.05) is 12.4 Å². The van der Waals surface area contributed by atoms with E-state index in [0.717, 1.165) is 5.65 Å². The van der Waals surface area contributed by atoms with Crippen molar-refractivity contribution in [2.45, 2.75) is 6.54 Å². The van der Waals surface area contributed by atoms with Crippen molar-refractivity contribution in [2.24, 2.45) is 0 Å². The molecule has 0 unspecified atom stereocenters. The number of nitrogens with one attached hydrogen (secondary N) is 1. The topological polar surface area (TPSA) is 46.4 Å². The van der Waals surface area contributed by atoms with Crippen LogP contribution >= 0.6 is 34.8 Å². The summed E-state index contributed by atoms with van der Waals surface area (Å²) in [6, 6.07) is 8.50. The van der Waals surface area contributed by atoms with Crippen LogP contribution in [0.1, 0.15) is 16.1 Å². The predicted octanol–water partition coefficient (Wildman–Crippen LogP) is 4.22. The third-order valence-electron chi connectivity index (χ3n) is 3.09. The lowest BCUT2D eigenvalue weighted by molar-refractivity contribution is 0.0950. The molecule has 0 aliphatic heterocycles. The molecule has 0 aliphatic carbocycles. The zero-order valence-corrected chi connectivity index (χ0v) is 13.5. The first-order chi connectivity index (χ1) is 10.5. The average molecular weight is 355 g/mol. The van der Waals surface area contributed by atoms with Crippen LogP contribution in [-0.2, 0) is 6.54 Å². The summed E-state index contributed by atoms with van der Waals surface area (Å²) in [7, 11) is 0. The number of benzene rings is 1. The van der Waals surface area contributed by atoms with Gasteiger partial charge in [0.2, 0.25) is 0 Å². The van der Waals surface area contributed by atoms with Crippen molar-refractivity contribution in [1.82, 2.24) is 14.7 Å². The molecular formula is C15H10Cl3N3O. The Labute approximate surface area is 141 Å². The number of imidazole rings is 1. The lowest BCUT2D eigenvalue weighted by atomic mass is 10.2. The molecule has 22 heavy (non-hydrogen) atoms. The Balaban J connectivity index is 1.76. The lowest BCUT2D eigenvalue weighted by Gasteiger charge is -2.06. The van der Waals surface area contributed by atoms with Crippen LogP contribution in [-0.4, -0.2) is 15.3 Å². The minimum atomic E-state index is -0.303. The summed E-state index contributed by atoms with van der Waals surface area (Å²) in [4.78, 5) is 16.5. The SMILES string of the molecule is O=C(NCc1cn2cc(Cl)ccc2n1)c1cccc(Cl)c1Cl. The number of aromatic nitrogens is 2. The minimum Gasteiger partial charge on any atom is -0.346 e. The fraction of sp³-hybridized carbons (Fsp3) is 0.0667. The van der Waals surface area contributed by atoms with Crippen molar-refractivity contribution < 1.29 is 4.79 Å². The molecule has 0 saturated heterocycles. The van der Waals surface area contributed by atoms with Gasteiger partial charge in [-0.15, -0.1) is 0 Å². The van der Waals surface area contributed by atoms with Crippen molar-refractivity contribution >= 4 is 46.4 Å². The highest BCUT2D eigenvalue weighted by Gasteiger charge is 2.12. The smallest absolute Gasteiger partial charge is 0.253 e. The Hall–Kier alpha value is -1.75.